The van der Waals surface area contributed by atoms with Crippen LogP contribution in [-0.4, -0.2) is 19.7 Å². The van der Waals surface area contributed by atoms with Crippen molar-refractivity contribution >= 4 is 12.4 Å². The van der Waals surface area contributed by atoms with Crippen molar-refractivity contribution < 1.29 is 4.74 Å². The molecule has 1 aliphatic rings. The second kappa shape index (κ2) is 7.76. The highest BCUT2D eigenvalue weighted by Crippen LogP contribution is 2.33. The molecule has 0 aromatic heterocycles. The van der Waals surface area contributed by atoms with Crippen LogP contribution in [0.15, 0.2) is 18.2 Å². The summed E-state index contributed by atoms with van der Waals surface area (Å²) in [5, 5.41) is 3.42. The van der Waals surface area contributed by atoms with E-state index >= 15 is 0 Å². The van der Waals surface area contributed by atoms with E-state index in [0.29, 0.717) is 11.8 Å². The number of aryl methyl sites for hydroxylation is 1. The number of benzene rings is 1. The molecule has 1 saturated heterocycles. The fourth-order valence-electron chi connectivity index (χ4n) is 2.49. The van der Waals surface area contributed by atoms with Gasteiger partial charge in [0.2, 0.25) is 0 Å². The van der Waals surface area contributed by atoms with Gasteiger partial charge >= 0.3 is 0 Å². The summed E-state index contributed by atoms with van der Waals surface area (Å²) in [4.78, 5) is 0. The van der Waals surface area contributed by atoms with Crippen LogP contribution in [0, 0.1) is 12.8 Å². The number of piperidine rings is 1. The quantitative estimate of drug-likeness (QED) is 0.904. The van der Waals surface area contributed by atoms with E-state index in [1.54, 1.807) is 0 Å². The predicted octanol–water partition coefficient (Wildman–Crippen LogP) is 3.92. The van der Waals surface area contributed by atoms with Gasteiger partial charge in [-0.15, -0.1) is 12.4 Å². The molecule has 0 spiro atoms. The van der Waals surface area contributed by atoms with Gasteiger partial charge in [-0.05, 0) is 61.9 Å². The maximum absolute atomic E-state index is 6.01. The van der Waals surface area contributed by atoms with Crippen LogP contribution in [0.3, 0.4) is 0 Å². The summed E-state index contributed by atoms with van der Waals surface area (Å²) in [5.41, 5.74) is 2.69. The zero-order valence-corrected chi connectivity index (χ0v) is 13.1. The molecule has 19 heavy (non-hydrogen) atoms. The van der Waals surface area contributed by atoms with Gasteiger partial charge in [-0.25, -0.2) is 0 Å². The van der Waals surface area contributed by atoms with Gasteiger partial charge in [0, 0.05) is 0 Å². The van der Waals surface area contributed by atoms with Gasteiger partial charge in [0.25, 0.3) is 0 Å². The van der Waals surface area contributed by atoms with Crippen molar-refractivity contribution in [3.63, 3.8) is 0 Å². The van der Waals surface area contributed by atoms with Crippen LogP contribution < -0.4 is 10.1 Å². The first-order valence-electron chi connectivity index (χ1n) is 7.11. The van der Waals surface area contributed by atoms with E-state index < -0.39 is 0 Å². The summed E-state index contributed by atoms with van der Waals surface area (Å²) in [6.45, 7) is 9.58. The minimum Gasteiger partial charge on any atom is -0.493 e. The number of hydrogen-bond acceptors (Lipinski definition) is 2. The molecular formula is C16H26ClNO. The van der Waals surface area contributed by atoms with Crippen LogP contribution in [0.5, 0.6) is 5.75 Å². The van der Waals surface area contributed by atoms with E-state index in [1.807, 2.05) is 0 Å². The zero-order chi connectivity index (χ0) is 13.0. The Kier molecular flexibility index (Phi) is 6.67. The summed E-state index contributed by atoms with van der Waals surface area (Å²) < 4.78 is 6.01. The molecule has 108 valence electrons. The maximum Gasteiger partial charge on any atom is 0.123 e. The Hall–Kier alpha value is -0.730. The maximum atomic E-state index is 6.01. The lowest BCUT2D eigenvalue weighted by Gasteiger charge is -2.25. The molecule has 1 aliphatic heterocycles. The van der Waals surface area contributed by atoms with Gasteiger partial charge in [-0.1, -0.05) is 26.0 Å². The Morgan fingerprint density at radius 1 is 1.26 bits per heavy atom. The van der Waals surface area contributed by atoms with E-state index in [4.69, 9.17) is 4.74 Å². The fourth-order valence-corrected chi connectivity index (χ4v) is 2.49. The third-order valence-corrected chi connectivity index (χ3v) is 3.52. The molecule has 1 aromatic rings. The number of halogens is 1. The molecular weight excluding hydrogens is 258 g/mol. The standard InChI is InChI=1S/C16H25NO.ClH/c1-12(2)11-18-16-10-13(3)4-5-15(16)14-6-8-17-9-7-14;/h4-5,10,12,14,17H,6-9,11H2,1-3H3;1H. The van der Waals surface area contributed by atoms with Crippen molar-refractivity contribution in [2.24, 2.45) is 5.92 Å². The monoisotopic (exact) mass is 283 g/mol. The molecule has 2 rings (SSSR count). The van der Waals surface area contributed by atoms with Crippen molar-refractivity contribution in [2.45, 2.75) is 39.5 Å². The van der Waals surface area contributed by atoms with Gasteiger partial charge in [0.05, 0.1) is 6.61 Å². The van der Waals surface area contributed by atoms with Crippen molar-refractivity contribution in [3.05, 3.63) is 29.3 Å². The first-order valence-corrected chi connectivity index (χ1v) is 7.11. The third-order valence-electron chi connectivity index (χ3n) is 3.52. The van der Waals surface area contributed by atoms with Gasteiger partial charge in [0.1, 0.15) is 5.75 Å². The number of ether oxygens (including phenoxy) is 1. The summed E-state index contributed by atoms with van der Waals surface area (Å²) >= 11 is 0. The van der Waals surface area contributed by atoms with Gasteiger partial charge < -0.3 is 10.1 Å². The average Bonchev–Trinajstić information content (AvgIpc) is 2.37. The molecule has 0 radical (unpaired) electrons. The van der Waals surface area contributed by atoms with Gasteiger partial charge in [-0.3, -0.25) is 0 Å². The first-order chi connectivity index (χ1) is 8.66. The van der Waals surface area contributed by atoms with Crippen LogP contribution in [0.4, 0.5) is 0 Å². The Labute approximate surface area is 123 Å². The predicted molar refractivity (Wildman–Crippen MR) is 83.6 cm³/mol. The largest absolute Gasteiger partial charge is 0.493 e. The Morgan fingerprint density at radius 2 is 1.95 bits per heavy atom. The molecule has 1 heterocycles. The molecule has 0 aliphatic carbocycles. The highest BCUT2D eigenvalue weighted by atomic mass is 35.5. The second-order valence-corrected chi connectivity index (χ2v) is 5.77. The molecule has 0 saturated carbocycles. The van der Waals surface area contributed by atoms with E-state index in [2.05, 4.69) is 44.3 Å². The van der Waals surface area contributed by atoms with Crippen LogP contribution in [0.2, 0.25) is 0 Å². The fraction of sp³-hybridized carbons (Fsp3) is 0.625. The molecule has 0 bridgehead atoms. The zero-order valence-electron chi connectivity index (χ0n) is 12.2. The molecule has 1 aromatic carbocycles. The van der Waals surface area contributed by atoms with Gasteiger partial charge in [0.15, 0.2) is 0 Å². The van der Waals surface area contributed by atoms with Crippen molar-refractivity contribution in [1.82, 2.24) is 5.32 Å². The van der Waals surface area contributed by atoms with Crippen LogP contribution >= 0.6 is 12.4 Å². The number of nitrogens with one attached hydrogen (secondary N) is 1. The lowest BCUT2D eigenvalue weighted by atomic mass is 9.89. The second-order valence-electron chi connectivity index (χ2n) is 5.77. The molecule has 0 amide bonds. The summed E-state index contributed by atoms with van der Waals surface area (Å²) in [5.74, 6) is 2.34. The normalized spacial score (nSPS) is 16.2. The number of rotatable bonds is 4. The van der Waals surface area contributed by atoms with E-state index in [9.17, 15) is 0 Å². The smallest absolute Gasteiger partial charge is 0.123 e. The number of hydrogen-bond donors (Lipinski definition) is 1. The SMILES string of the molecule is Cc1ccc(C2CCNCC2)c(OCC(C)C)c1.Cl. The lowest BCUT2D eigenvalue weighted by molar-refractivity contribution is 0.265. The summed E-state index contributed by atoms with van der Waals surface area (Å²) in [6, 6.07) is 6.67. The van der Waals surface area contributed by atoms with Crippen molar-refractivity contribution in [3.8, 4) is 5.75 Å². The van der Waals surface area contributed by atoms with Crippen LogP contribution in [0.25, 0.3) is 0 Å². The van der Waals surface area contributed by atoms with Gasteiger partial charge in [-0.2, -0.15) is 0 Å². The summed E-state index contributed by atoms with van der Waals surface area (Å²) in [7, 11) is 0. The van der Waals surface area contributed by atoms with Crippen LogP contribution in [-0.2, 0) is 0 Å². The van der Waals surface area contributed by atoms with Crippen molar-refractivity contribution in [1.29, 1.82) is 0 Å². The summed E-state index contributed by atoms with van der Waals surface area (Å²) in [6.07, 6.45) is 2.45. The Bertz CT molecular complexity index is 386. The molecule has 3 heteroatoms. The topological polar surface area (TPSA) is 21.3 Å². The van der Waals surface area contributed by atoms with Crippen LogP contribution in [0.1, 0.15) is 43.7 Å². The molecule has 1 N–H and O–H groups in total. The molecule has 1 fully saturated rings. The highest BCUT2D eigenvalue weighted by Gasteiger charge is 2.19. The minimum atomic E-state index is 0. The minimum absolute atomic E-state index is 0. The average molecular weight is 284 g/mol. The lowest BCUT2D eigenvalue weighted by Crippen LogP contribution is -2.27. The molecule has 0 atom stereocenters. The Morgan fingerprint density at radius 3 is 2.58 bits per heavy atom. The van der Waals surface area contributed by atoms with E-state index in [1.165, 1.54) is 24.0 Å². The Balaban J connectivity index is 0.00000180. The molecule has 0 unspecified atom stereocenters. The highest BCUT2D eigenvalue weighted by molar-refractivity contribution is 5.85. The van der Waals surface area contributed by atoms with E-state index in [-0.39, 0.29) is 12.4 Å². The van der Waals surface area contributed by atoms with Crippen molar-refractivity contribution in [2.75, 3.05) is 19.7 Å². The molecule has 2 nitrogen and oxygen atoms in total. The third kappa shape index (κ3) is 4.70. The first kappa shape index (κ1) is 16.3. The van der Waals surface area contributed by atoms with E-state index in [0.717, 1.165) is 25.4 Å².